The van der Waals surface area contributed by atoms with Crippen molar-refractivity contribution in [2.24, 2.45) is 0 Å². The first-order chi connectivity index (χ1) is 8.09. The molecule has 0 aliphatic rings. The molecule has 0 saturated carbocycles. The van der Waals surface area contributed by atoms with Crippen molar-refractivity contribution in [3.05, 3.63) is 48.0 Å². The number of aromatic hydroxyl groups is 1. The third-order valence-corrected chi connectivity index (χ3v) is 2.30. The number of carboxylic acids is 1. The van der Waals surface area contributed by atoms with Crippen LogP contribution >= 0.6 is 0 Å². The monoisotopic (exact) mass is 233 g/mol. The summed E-state index contributed by atoms with van der Waals surface area (Å²) in [6.07, 6.45) is 2.59. The van der Waals surface area contributed by atoms with Gasteiger partial charge in [-0.15, -0.1) is 0 Å². The second-order valence-corrected chi connectivity index (χ2v) is 3.39. The molecule has 0 aliphatic carbocycles. The molecule has 1 aromatic carbocycles. The highest BCUT2D eigenvalue weighted by atomic mass is 19.1. The van der Waals surface area contributed by atoms with E-state index < -0.39 is 11.8 Å². The largest absolute Gasteiger partial charge is 0.507 e. The third kappa shape index (κ3) is 2.08. The van der Waals surface area contributed by atoms with Gasteiger partial charge in [0.05, 0.1) is 5.56 Å². The molecule has 0 spiro atoms. The Morgan fingerprint density at radius 3 is 2.65 bits per heavy atom. The summed E-state index contributed by atoms with van der Waals surface area (Å²) in [5.74, 6) is -2.05. The van der Waals surface area contributed by atoms with Gasteiger partial charge in [-0.1, -0.05) is 0 Å². The third-order valence-electron chi connectivity index (χ3n) is 2.30. The number of phenols is 1. The van der Waals surface area contributed by atoms with E-state index in [0.717, 1.165) is 12.1 Å². The van der Waals surface area contributed by atoms with Crippen molar-refractivity contribution in [1.29, 1.82) is 0 Å². The van der Waals surface area contributed by atoms with E-state index in [0.29, 0.717) is 5.56 Å². The second kappa shape index (κ2) is 4.21. The zero-order valence-electron chi connectivity index (χ0n) is 8.59. The Balaban J connectivity index is 2.64. The molecule has 0 radical (unpaired) electrons. The van der Waals surface area contributed by atoms with Crippen molar-refractivity contribution < 1.29 is 19.4 Å². The molecule has 17 heavy (non-hydrogen) atoms. The first kappa shape index (κ1) is 11.1. The molecule has 5 heteroatoms. The van der Waals surface area contributed by atoms with E-state index in [9.17, 15) is 14.3 Å². The molecule has 0 bridgehead atoms. The summed E-state index contributed by atoms with van der Waals surface area (Å²) >= 11 is 0. The Morgan fingerprint density at radius 2 is 2.00 bits per heavy atom. The zero-order chi connectivity index (χ0) is 12.4. The summed E-state index contributed by atoms with van der Waals surface area (Å²) in [6, 6.07) is 4.87. The van der Waals surface area contributed by atoms with Gasteiger partial charge in [0.1, 0.15) is 11.6 Å². The lowest BCUT2D eigenvalue weighted by molar-refractivity contribution is 0.0697. The van der Waals surface area contributed by atoms with Crippen LogP contribution in [0.5, 0.6) is 5.75 Å². The van der Waals surface area contributed by atoms with Crippen molar-refractivity contribution >= 4 is 5.97 Å². The number of nitrogens with zero attached hydrogens (tertiary/aromatic N) is 1. The SMILES string of the molecule is O=C(O)c1cnccc1-c1ccc(F)cc1O. The minimum atomic E-state index is -1.16. The van der Waals surface area contributed by atoms with Gasteiger partial charge in [-0.2, -0.15) is 0 Å². The molecular formula is C12H8FNO3. The predicted octanol–water partition coefficient (Wildman–Crippen LogP) is 2.29. The maximum atomic E-state index is 12.8. The lowest BCUT2D eigenvalue weighted by atomic mass is 10.0. The summed E-state index contributed by atoms with van der Waals surface area (Å²) in [5.41, 5.74) is 0.505. The lowest BCUT2D eigenvalue weighted by Crippen LogP contribution is -2.00. The van der Waals surface area contributed by atoms with E-state index >= 15 is 0 Å². The van der Waals surface area contributed by atoms with Crippen molar-refractivity contribution in [2.45, 2.75) is 0 Å². The van der Waals surface area contributed by atoms with Crippen molar-refractivity contribution in [3.8, 4) is 16.9 Å². The van der Waals surface area contributed by atoms with Crippen LogP contribution in [0.1, 0.15) is 10.4 Å². The van der Waals surface area contributed by atoms with Gasteiger partial charge >= 0.3 is 5.97 Å². The summed E-state index contributed by atoms with van der Waals surface area (Å²) in [4.78, 5) is 14.7. The highest BCUT2D eigenvalue weighted by Crippen LogP contribution is 2.31. The first-order valence-corrected chi connectivity index (χ1v) is 4.76. The van der Waals surface area contributed by atoms with E-state index in [1.165, 1.54) is 24.5 Å². The molecule has 0 amide bonds. The molecule has 4 nitrogen and oxygen atoms in total. The van der Waals surface area contributed by atoms with Crippen LogP contribution in [0, 0.1) is 5.82 Å². The van der Waals surface area contributed by atoms with Gasteiger partial charge in [0.25, 0.3) is 0 Å². The van der Waals surface area contributed by atoms with Crippen molar-refractivity contribution in [1.82, 2.24) is 4.98 Å². The fourth-order valence-corrected chi connectivity index (χ4v) is 1.53. The Bertz CT molecular complexity index is 584. The molecule has 0 saturated heterocycles. The van der Waals surface area contributed by atoms with Crippen LogP contribution in [0.3, 0.4) is 0 Å². The van der Waals surface area contributed by atoms with Crippen LogP contribution in [0.25, 0.3) is 11.1 Å². The molecular weight excluding hydrogens is 225 g/mol. The van der Waals surface area contributed by atoms with Crippen LogP contribution in [-0.2, 0) is 0 Å². The number of carboxylic acid groups (broad SMARTS) is 1. The standard InChI is InChI=1S/C12H8FNO3/c13-7-1-2-9(11(15)5-7)8-3-4-14-6-10(8)12(16)17/h1-6,15H,(H,16,17). The summed E-state index contributed by atoms with van der Waals surface area (Å²) in [6.45, 7) is 0. The van der Waals surface area contributed by atoms with Crippen LogP contribution in [0.4, 0.5) is 4.39 Å². The highest BCUT2D eigenvalue weighted by molar-refractivity contribution is 5.96. The molecule has 0 unspecified atom stereocenters. The quantitative estimate of drug-likeness (QED) is 0.834. The van der Waals surface area contributed by atoms with Crippen LogP contribution in [-0.4, -0.2) is 21.2 Å². The zero-order valence-corrected chi connectivity index (χ0v) is 8.59. The highest BCUT2D eigenvalue weighted by Gasteiger charge is 2.14. The molecule has 1 heterocycles. The van der Waals surface area contributed by atoms with Crippen LogP contribution < -0.4 is 0 Å². The Labute approximate surface area is 96.0 Å². The number of hydrogen-bond acceptors (Lipinski definition) is 3. The maximum Gasteiger partial charge on any atom is 0.337 e. The van der Waals surface area contributed by atoms with Gasteiger partial charge in [0.15, 0.2) is 0 Å². The number of aromatic nitrogens is 1. The van der Waals surface area contributed by atoms with Crippen LogP contribution in [0.2, 0.25) is 0 Å². The predicted molar refractivity (Wildman–Crippen MR) is 58.3 cm³/mol. The average molecular weight is 233 g/mol. The molecule has 0 atom stereocenters. The van der Waals surface area contributed by atoms with E-state index in [2.05, 4.69) is 4.98 Å². The number of hydrogen-bond donors (Lipinski definition) is 2. The molecule has 0 aliphatic heterocycles. The number of carbonyl (C=O) groups is 1. The molecule has 2 N–H and O–H groups in total. The number of phenolic OH excluding ortho intramolecular Hbond substituents is 1. The molecule has 86 valence electrons. The van der Waals surface area contributed by atoms with Gasteiger partial charge < -0.3 is 10.2 Å². The Hall–Kier alpha value is -2.43. The van der Waals surface area contributed by atoms with Gasteiger partial charge in [-0.25, -0.2) is 9.18 Å². The normalized spacial score (nSPS) is 10.2. The van der Waals surface area contributed by atoms with E-state index in [1.54, 1.807) is 0 Å². The summed E-state index contributed by atoms with van der Waals surface area (Å²) < 4.78 is 12.8. The number of pyridine rings is 1. The molecule has 2 rings (SSSR count). The topological polar surface area (TPSA) is 70.4 Å². The first-order valence-electron chi connectivity index (χ1n) is 4.76. The van der Waals surface area contributed by atoms with E-state index in [-0.39, 0.29) is 16.9 Å². The van der Waals surface area contributed by atoms with Crippen LogP contribution in [0.15, 0.2) is 36.7 Å². The Kier molecular flexibility index (Phi) is 2.74. The van der Waals surface area contributed by atoms with Gasteiger partial charge in [-0.05, 0) is 18.2 Å². The van der Waals surface area contributed by atoms with Gasteiger partial charge in [0.2, 0.25) is 0 Å². The Morgan fingerprint density at radius 1 is 1.24 bits per heavy atom. The number of benzene rings is 1. The molecule has 2 aromatic rings. The minimum Gasteiger partial charge on any atom is -0.507 e. The van der Waals surface area contributed by atoms with E-state index in [1.807, 2.05) is 0 Å². The van der Waals surface area contributed by atoms with Gasteiger partial charge in [0, 0.05) is 29.6 Å². The number of aromatic carboxylic acids is 1. The summed E-state index contributed by atoms with van der Waals surface area (Å²) in [7, 11) is 0. The second-order valence-electron chi connectivity index (χ2n) is 3.39. The number of halogens is 1. The van der Waals surface area contributed by atoms with E-state index in [4.69, 9.17) is 5.11 Å². The molecule has 0 fully saturated rings. The lowest BCUT2D eigenvalue weighted by Gasteiger charge is -2.07. The van der Waals surface area contributed by atoms with Gasteiger partial charge in [-0.3, -0.25) is 4.98 Å². The number of rotatable bonds is 2. The average Bonchev–Trinajstić information content (AvgIpc) is 2.29. The fourth-order valence-electron chi connectivity index (χ4n) is 1.53. The van der Waals surface area contributed by atoms with Crippen molar-refractivity contribution in [3.63, 3.8) is 0 Å². The smallest absolute Gasteiger partial charge is 0.337 e. The summed E-state index contributed by atoms with van der Waals surface area (Å²) in [5, 5.41) is 18.6. The minimum absolute atomic E-state index is 0.0468. The molecule has 1 aromatic heterocycles. The maximum absolute atomic E-state index is 12.8. The fraction of sp³-hybridized carbons (Fsp3) is 0. The van der Waals surface area contributed by atoms with Crippen molar-refractivity contribution in [2.75, 3.05) is 0 Å².